The molecule has 0 bridgehead atoms. The zero-order valence-corrected chi connectivity index (χ0v) is 13.2. The van der Waals surface area contributed by atoms with Gasteiger partial charge in [-0.05, 0) is 12.0 Å². The first-order valence-electron chi connectivity index (χ1n) is 7.09. The van der Waals surface area contributed by atoms with Crippen LogP contribution in [0.1, 0.15) is 34.4 Å². The third-order valence-electron chi connectivity index (χ3n) is 3.08. The highest BCUT2D eigenvalue weighted by Crippen LogP contribution is 2.16. The van der Waals surface area contributed by atoms with E-state index in [1.165, 1.54) is 16.2 Å². The summed E-state index contributed by atoms with van der Waals surface area (Å²) < 4.78 is 0. The van der Waals surface area contributed by atoms with Gasteiger partial charge in [0.2, 0.25) is 0 Å². The average molecular weight is 318 g/mol. The van der Waals surface area contributed by atoms with E-state index in [0.717, 1.165) is 10.6 Å². The van der Waals surface area contributed by atoms with Crippen LogP contribution in [0.5, 0.6) is 0 Å². The van der Waals surface area contributed by atoms with E-state index in [4.69, 9.17) is 5.11 Å². The Balaban J connectivity index is 2.08. The molecule has 1 aromatic carbocycles. The Labute approximate surface area is 133 Å². The van der Waals surface area contributed by atoms with Gasteiger partial charge in [-0.15, -0.1) is 11.3 Å². The van der Waals surface area contributed by atoms with Crippen molar-refractivity contribution in [1.82, 2.24) is 9.88 Å². The molecule has 0 aliphatic carbocycles. The molecular weight excluding hydrogens is 300 g/mol. The molecule has 2 aromatic rings. The third-order valence-corrected chi connectivity index (χ3v) is 3.92. The van der Waals surface area contributed by atoms with Crippen molar-refractivity contribution in [2.45, 2.75) is 19.8 Å². The lowest BCUT2D eigenvalue weighted by molar-refractivity contribution is -0.137. The summed E-state index contributed by atoms with van der Waals surface area (Å²) in [6.45, 7) is 2.03. The van der Waals surface area contributed by atoms with E-state index in [2.05, 4.69) is 4.98 Å². The van der Waals surface area contributed by atoms with Crippen molar-refractivity contribution in [3.8, 4) is 0 Å². The number of hydrogen-bond acceptors (Lipinski definition) is 4. The first-order valence-corrected chi connectivity index (χ1v) is 7.97. The molecule has 1 amide bonds. The minimum absolute atomic E-state index is 0.293. The summed E-state index contributed by atoms with van der Waals surface area (Å²) in [6, 6.07) is 9.90. The Bertz CT molecular complexity index is 640. The fraction of sp³-hybridized carbons (Fsp3) is 0.312. The number of carboxylic acid groups (broad SMARTS) is 1. The fourth-order valence-electron chi connectivity index (χ4n) is 2.11. The first kappa shape index (κ1) is 16.2. The molecule has 116 valence electrons. The van der Waals surface area contributed by atoms with Gasteiger partial charge in [-0.1, -0.05) is 37.3 Å². The van der Waals surface area contributed by atoms with Crippen LogP contribution in [0, 0.1) is 0 Å². The van der Waals surface area contributed by atoms with Crippen molar-refractivity contribution in [1.29, 1.82) is 0 Å². The van der Waals surface area contributed by atoms with E-state index in [-0.39, 0.29) is 12.5 Å². The molecule has 0 radical (unpaired) electrons. The maximum absolute atomic E-state index is 12.3. The lowest BCUT2D eigenvalue weighted by Crippen LogP contribution is -2.36. The summed E-state index contributed by atoms with van der Waals surface area (Å²) in [6.07, 6.45) is 1.38. The van der Waals surface area contributed by atoms with Crippen molar-refractivity contribution >= 4 is 23.2 Å². The Kier molecular flexibility index (Phi) is 5.66. The number of carbonyl (C=O) groups excluding carboxylic acids is 1. The number of nitrogens with zero attached hydrogens (tertiary/aromatic N) is 2. The maximum Gasteiger partial charge on any atom is 0.323 e. The van der Waals surface area contributed by atoms with Crippen LogP contribution in [0.25, 0.3) is 0 Å². The molecule has 22 heavy (non-hydrogen) atoms. The van der Waals surface area contributed by atoms with Gasteiger partial charge < -0.3 is 10.0 Å². The van der Waals surface area contributed by atoms with Crippen LogP contribution in [0.2, 0.25) is 0 Å². The summed E-state index contributed by atoms with van der Waals surface area (Å²) in [5.41, 5.74) is 1.46. The lowest BCUT2D eigenvalue weighted by Gasteiger charge is -2.18. The predicted molar refractivity (Wildman–Crippen MR) is 85.2 cm³/mol. The second kappa shape index (κ2) is 7.70. The summed E-state index contributed by atoms with van der Waals surface area (Å²) >= 11 is 1.42. The van der Waals surface area contributed by atoms with Crippen LogP contribution in [-0.2, 0) is 11.2 Å². The first-order chi connectivity index (χ1) is 10.6. The molecule has 0 saturated carbocycles. The molecule has 0 unspecified atom stereocenters. The number of benzene rings is 1. The summed E-state index contributed by atoms with van der Waals surface area (Å²) in [7, 11) is 0. The van der Waals surface area contributed by atoms with Crippen molar-refractivity contribution < 1.29 is 14.7 Å². The zero-order chi connectivity index (χ0) is 15.9. The Hall–Kier alpha value is -2.21. The zero-order valence-electron chi connectivity index (χ0n) is 12.4. The molecule has 5 nitrogen and oxygen atoms in total. The summed E-state index contributed by atoms with van der Waals surface area (Å²) in [5, 5.41) is 11.4. The van der Waals surface area contributed by atoms with Crippen LogP contribution >= 0.6 is 11.3 Å². The highest BCUT2D eigenvalue weighted by atomic mass is 32.1. The molecule has 1 N–H and O–H groups in total. The quantitative estimate of drug-likeness (QED) is 0.852. The molecule has 1 aromatic heterocycles. The van der Waals surface area contributed by atoms with E-state index >= 15 is 0 Å². The molecule has 0 aliphatic rings. The van der Waals surface area contributed by atoms with Crippen molar-refractivity contribution in [2.75, 3.05) is 13.1 Å². The van der Waals surface area contributed by atoms with Gasteiger partial charge in [0, 0.05) is 18.3 Å². The van der Waals surface area contributed by atoms with Crippen molar-refractivity contribution in [3.05, 3.63) is 52.0 Å². The lowest BCUT2D eigenvalue weighted by atomic mass is 10.2. The number of aliphatic carboxylic acids is 1. The smallest absolute Gasteiger partial charge is 0.323 e. The van der Waals surface area contributed by atoms with Gasteiger partial charge in [-0.25, -0.2) is 4.98 Å². The second-order valence-electron chi connectivity index (χ2n) is 4.91. The van der Waals surface area contributed by atoms with Crippen molar-refractivity contribution in [2.24, 2.45) is 0 Å². The van der Waals surface area contributed by atoms with E-state index < -0.39 is 5.97 Å². The Morgan fingerprint density at radius 1 is 1.27 bits per heavy atom. The topological polar surface area (TPSA) is 70.5 Å². The molecule has 0 fully saturated rings. The Morgan fingerprint density at radius 2 is 2.00 bits per heavy atom. The molecular formula is C16H18N2O3S. The maximum atomic E-state index is 12.3. The molecule has 0 spiro atoms. The van der Waals surface area contributed by atoms with Gasteiger partial charge in [0.15, 0.2) is 0 Å². The molecule has 6 heteroatoms. The van der Waals surface area contributed by atoms with Crippen LogP contribution in [0.3, 0.4) is 0 Å². The highest BCUT2D eigenvalue weighted by Gasteiger charge is 2.20. The van der Waals surface area contributed by atoms with E-state index in [9.17, 15) is 9.59 Å². The monoisotopic (exact) mass is 318 g/mol. The van der Waals surface area contributed by atoms with E-state index in [1.54, 1.807) is 5.38 Å². The van der Waals surface area contributed by atoms with Gasteiger partial charge in [0.05, 0.1) is 5.01 Å². The molecule has 0 saturated heterocycles. The molecule has 0 atom stereocenters. The van der Waals surface area contributed by atoms with Crippen LogP contribution in [-0.4, -0.2) is 40.0 Å². The molecule has 2 rings (SSSR count). The number of aromatic nitrogens is 1. The van der Waals surface area contributed by atoms with E-state index in [0.29, 0.717) is 25.1 Å². The predicted octanol–water partition coefficient (Wildman–Crippen LogP) is 2.67. The van der Waals surface area contributed by atoms with Gasteiger partial charge in [-0.3, -0.25) is 9.59 Å². The second-order valence-corrected chi connectivity index (χ2v) is 5.85. The minimum atomic E-state index is -1.01. The number of amides is 1. The van der Waals surface area contributed by atoms with Gasteiger partial charge in [-0.2, -0.15) is 0 Å². The standard InChI is InChI=1S/C16H18N2O3S/c1-2-8-18(10-15(19)20)16(21)13-11-22-14(17-13)9-12-6-4-3-5-7-12/h3-7,11H,2,8-10H2,1H3,(H,19,20). The SMILES string of the molecule is CCCN(CC(=O)O)C(=O)c1csc(Cc2ccccc2)n1. The Morgan fingerprint density at radius 3 is 2.64 bits per heavy atom. The average Bonchev–Trinajstić information content (AvgIpc) is 2.95. The molecule has 0 aliphatic heterocycles. The van der Waals surface area contributed by atoms with Gasteiger partial charge in [0.25, 0.3) is 5.91 Å². The van der Waals surface area contributed by atoms with Gasteiger partial charge in [0.1, 0.15) is 12.2 Å². The fourth-order valence-corrected chi connectivity index (χ4v) is 2.91. The van der Waals surface area contributed by atoms with Crippen LogP contribution < -0.4 is 0 Å². The number of carboxylic acids is 1. The largest absolute Gasteiger partial charge is 0.480 e. The molecule has 1 heterocycles. The highest BCUT2D eigenvalue weighted by molar-refractivity contribution is 7.09. The third kappa shape index (κ3) is 4.39. The van der Waals surface area contributed by atoms with Crippen LogP contribution in [0.4, 0.5) is 0 Å². The minimum Gasteiger partial charge on any atom is -0.480 e. The van der Waals surface area contributed by atoms with Gasteiger partial charge >= 0.3 is 5.97 Å². The number of rotatable bonds is 7. The summed E-state index contributed by atoms with van der Waals surface area (Å²) in [4.78, 5) is 28.9. The number of carbonyl (C=O) groups is 2. The van der Waals surface area contributed by atoms with Crippen LogP contribution in [0.15, 0.2) is 35.7 Å². The number of hydrogen-bond donors (Lipinski definition) is 1. The van der Waals surface area contributed by atoms with Crippen molar-refractivity contribution in [3.63, 3.8) is 0 Å². The normalized spacial score (nSPS) is 10.4. The summed E-state index contributed by atoms with van der Waals surface area (Å²) in [5.74, 6) is -1.33. The van der Waals surface area contributed by atoms with E-state index in [1.807, 2.05) is 37.3 Å². The number of thiazole rings is 1.